The minimum Gasteiger partial charge on any atom is -0.370 e. The first-order valence-corrected chi connectivity index (χ1v) is 7.76. The Kier molecular flexibility index (Phi) is 4.71. The van der Waals surface area contributed by atoms with Crippen molar-refractivity contribution in [2.75, 3.05) is 6.54 Å². The molecule has 1 heterocycles. The van der Waals surface area contributed by atoms with Crippen LogP contribution in [0.2, 0.25) is 0 Å². The highest BCUT2D eigenvalue weighted by Gasteiger charge is 2.26. The first kappa shape index (κ1) is 15.2. The second-order valence-electron chi connectivity index (χ2n) is 4.46. The number of aromatic amines is 1. The standard InChI is InChI=1S/C13H16N4O3S/c14-12(18)7-9-17(10-11-4-2-1-3-5-11)21(19,20)13-6-8-15-16-13/h1-6,8H,7,9-10H2,(H2,14,18)(H,15,16). The average molecular weight is 308 g/mol. The Morgan fingerprint density at radius 2 is 1.95 bits per heavy atom. The van der Waals surface area contributed by atoms with Gasteiger partial charge in [0.15, 0.2) is 5.03 Å². The fourth-order valence-electron chi connectivity index (χ4n) is 1.83. The van der Waals surface area contributed by atoms with Gasteiger partial charge in [-0.15, -0.1) is 0 Å². The van der Waals surface area contributed by atoms with E-state index in [1.807, 2.05) is 30.3 Å². The van der Waals surface area contributed by atoms with Crippen molar-refractivity contribution in [3.8, 4) is 0 Å². The maximum Gasteiger partial charge on any atom is 0.260 e. The van der Waals surface area contributed by atoms with Crippen molar-refractivity contribution < 1.29 is 13.2 Å². The Hall–Kier alpha value is -2.19. The number of nitrogens with two attached hydrogens (primary N) is 1. The van der Waals surface area contributed by atoms with Gasteiger partial charge in [0, 0.05) is 19.5 Å². The third-order valence-electron chi connectivity index (χ3n) is 2.90. The van der Waals surface area contributed by atoms with Crippen LogP contribution in [0.3, 0.4) is 0 Å². The summed E-state index contributed by atoms with van der Waals surface area (Å²) < 4.78 is 26.2. The van der Waals surface area contributed by atoms with Gasteiger partial charge in [-0.2, -0.15) is 9.40 Å². The molecule has 0 unspecified atom stereocenters. The first-order valence-electron chi connectivity index (χ1n) is 6.32. The highest BCUT2D eigenvalue weighted by molar-refractivity contribution is 7.89. The number of rotatable bonds is 7. The molecule has 0 aliphatic rings. The number of nitrogens with one attached hydrogen (secondary N) is 1. The quantitative estimate of drug-likeness (QED) is 0.775. The number of carbonyl (C=O) groups is 1. The number of H-pyrrole nitrogens is 1. The minimum atomic E-state index is -3.74. The van der Waals surface area contributed by atoms with Gasteiger partial charge < -0.3 is 5.73 Å². The number of carbonyl (C=O) groups excluding carboxylic acids is 1. The molecule has 1 aromatic carbocycles. The molecule has 0 aliphatic carbocycles. The first-order chi connectivity index (χ1) is 10.00. The molecule has 1 aromatic heterocycles. The molecule has 21 heavy (non-hydrogen) atoms. The third kappa shape index (κ3) is 3.89. The van der Waals surface area contributed by atoms with Gasteiger partial charge in [-0.25, -0.2) is 8.42 Å². The van der Waals surface area contributed by atoms with Crippen LogP contribution < -0.4 is 5.73 Å². The van der Waals surface area contributed by atoms with Gasteiger partial charge in [-0.3, -0.25) is 9.89 Å². The molecule has 2 aromatic rings. The van der Waals surface area contributed by atoms with Gasteiger partial charge in [0.2, 0.25) is 5.91 Å². The predicted octanol–water partition coefficient (Wildman–Crippen LogP) is 0.476. The summed E-state index contributed by atoms with van der Waals surface area (Å²) in [4.78, 5) is 11.0. The number of aromatic nitrogens is 2. The van der Waals surface area contributed by atoms with E-state index in [4.69, 9.17) is 5.73 Å². The largest absolute Gasteiger partial charge is 0.370 e. The lowest BCUT2D eigenvalue weighted by atomic mass is 10.2. The molecular weight excluding hydrogens is 292 g/mol. The topological polar surface area (TPSA) is 109 Å². The summed E-state index contributed by atoms with van der Waals surface area (Å²) in [5.74, 6) is -0.548. The predicted molar refractivity (Wildman–Crippen MR) is 76.4 cm³/mol. The van der Waals surface area contributed by atoms with Crippen molar-refractivity contribution in [1.82, 2.24) is 14.5 Å². The zero-order valence-electron chi connectivity index (χ0n) is 11.3. The molecule has 8 heteroatoms. The van der Waals surface area contributed by atoms with E-state index in [0.717, 1.165) is 5.56 Å². The highest BCUT2D eigenvalue weighted by Crippen LogP contribution is 2.16. The molecule has 0 bridgehead atoms. The van der Waals surface area contributed by atoms with Crippen molar-refractivity contribution in [3.63, 3.8) is 0 Å². The minimum absolute atomic E-state index is 0.0112. The number of sulfonamides is 1. The number of benzene rings is 1. The summed E-state index contributed by atoms with van der Waals surface area (Å²) in [5.41, 5.74) is 5.94. The maximum atomic E-state index is 12.5. The van der Waals surface area contributed by atoms with Crippen LogP contribution in [0.15, 0.2) is 47.6 Å². The van der Waals surface area contributed by atoms with Gasteiger partial charge >= 0.3 is 0 Å². The third-order valence-corrected chi connectivity index (χ3v) is 4.68. The van der Waals surface area contributed by atoms with E-state index in [1.165, 1.54) is 16.6 Å². The van der Waals surface area contributed by atoms with Crippen LogP contribution in [0.4, 0.5) is 0 Å². The second-order valence-corrected chi connectivity index (χ2v) is 6.37. The number of hydrogen-bond acceptors (Lipinski definition) is 4. The van der Waals surface area contributed by atoms with Crippen LogP contribution in [0.5, 0.6) is 0 Å². The van der Waals surface area contributed by atoms with Crippen LogP contribution in [0, 0.1) is 0 Å². The summed E-state index contributed by atoms with van der Waals surface area (Å²) in [5, 5.41) is 6.07. The number of primary amides is 1. The number of amides is 1. The summed E-state index contributed by atoms with van der Waals surface area (Å²) in [7, 11) is -3.74. The van der Waals surface area contributed by atoms with Gasteiger partial charge in [-0.1, -0.05) is 30.3 Å². The van der Waals surface area contributed by atoms with Crippen molar-refractivity contribution in [3.05, 3.63) is 48.2 Å². The summed E-state index contributed by atoms with van der Waals surface area (Å²) in [6.07, 6.45) is 1.32. The average Bonchev–Trinajstić information content (AvgIpc) is 2.99. The van der Waals surface area contributed by atoms with Crippen molar-refractivity contribution in [2.45, 2.75) is 18.0 Å². The van der Waals surface area contributed by atoms with E-state index in [2.05, 4.69) is 10.2 Å². The summed E-state index contributed by atoms with van der Waals surface area (Å²) in [6, 6.07) is 10.5. The lowest BCUT2D eigenvalue weighted by molar-refractivity contribution is -0.118. The molecule has 0 spiro atoms. The zero-order valence-corrected chi connectivity index (χ0v) is 12.1. The SMILES string of the molecule is NC(=O)CCN(Cc1ccccc1)S(=O)(=O)c1ccn[nH]1. The van der Waals surface area contributed by atoms with Crippen molar-refractivity contribution >= 4 is 15.9 Å². The lowest BCUT2D eigenvalue weighted by Crippen LogP contribution is -2.34. The van der Waals surface area contributed by atoms with E-state index in [1.54, 1.807) is 0 Å². The van der Waals surface area contributed by atoms with E-state index < -0.39 is 15.9 Å². The van der Waals surface area contributed by atoms with Crippen LogP contribution in [-0.4, -0.2) is 35.4 Å². The molecule has 2 rings (SSSR count). The van der Waals surface area contributed by atoms with Crippen LogP contribution in [0.1, 0.15) is 12.0 Å². The molecule has 0 saturated carbocycles. The molecule has 3 N–H and O–H groups in total. The second kappa shape index (κ2) is 6.51. The molecular formula is C13H16N4O3S. The van der Waals surface area contributed by atoms with Crippen LogP contribution in [-0.2, 0) is 21.4 Å². The van der Waals surface area contributed by atoms with Crippen molar-refractivity contribution in [2.24, 2.45) is 5.73 Å². The van der Waals surface area contributed by atoms with E-state index >= 15 is 0 Å². The summed E-state index contributed by atoms with van der Waals surface area (Å²) in [6.45, 7) is 0.182. The van der Waals surface area contributed by atoms with Crippen molar-refractivity contribution in [1.29, 1.82) is 0 Å². The Balaban J connectivity index is 2.25. The van der Waals surface area contributed by atoms with Crippen LogP contribution in [0.25, 0.3) is 0 Å². The normalized spacial score (nSPS) is 11.7. The van der Waals surface area contributed by atoms with Gasteiger partial charge in [0.25, 0.3) is 10.0 Å². The molecule has 0 saturated heterocycles. The molecule has 7 nitrogen and oxygen atoms in total. The molecule has 0 aliphatic heterocycles. The Bertz CT molecular complexity index is 683. The summed E-state index contributed by atoms with van der Waals surface area (Å²) >= 11 is 0. The fourth-order valence-corrected chi connectivity index (χ4v) is 3.16. The Labute approximate surface area is 122 Å². The van der Waals surface area contributed by atoms with E-state index in [0.29, 0.717) is 0 Å². The van der Waals surface area contributed by atoms with Gasteiger partial charge in [0.05, 0.1) is 6.20 Å². The molecule has 0 radical (unpaired) electrons. The number of nitrogens with zero attached hydrogens (tertiary/aromatic N) is 2. The Morgan fingerprint density at radius 3 is 2.52 bits per heavy atom. The molecule has 1 amide bonds. The van der Waals surface area contributed by atoms with Gasteiger partial charge in [-0.05, 0) is 11.6 Å². The van der Waals surface area contributed by atoms with Gasteiger partial charge in [0.1, 0.15) is 0 Å². The van der Waals surface area contributed by atoms with E-state index in [-0.39, 0.29) is 24.5 Å². The van der Waals surface area contributed by atoms with Crippen LogP contribution >= 0.6 is 0 Å². The molecule has 0 fully saturated rings. The van der Waals surface area contributed by atoms with E-state index in [9.17, 15) is 13.2 Å². The molecule has 0 atom stereocenters. The highest BCUT2D eigenvalue weighted by atomic mass is 32.2. The molecule has 112 valence electrons. The monoisotopic (exact) mass is 308 g/mol. The number of hydrogen-bond donors (Lipinski definition) is 2. The smallest absolute Gasteiger partial charge is 0.260 e. The zero-order chi connectivity index (χ0) is 15.3. The fraction of sp³-hybridized carbons (Fsp3) is 0.231. The Morgan fingerprint density at radius 1 is 1.24 bits per heavy atom. The lowest BCUT2D eigenvalue weighted by Gasteiger charge is -2.20. The maximum absolute atomic E-state index is 12.5.